The average molecular weight is 430 g/mol. The first-order chi connectivity index (χ1) is 12.7. The van der Waals surface area contributed by atoms with Gasteiger partial charge in [-0.3, -0.25) is 9.69 Å². The number of fused-ring (bicyclic) bond motifs is 1. The molecular formula is C21H33Cl2N3O2. The van der Waals surface area contributed by atoms with E-state index in [1.165, 1.54) is 11.1 Å². The van der Waals surface area contributed by atoms with Gasteiger partial charge in [-0.1, -0.05) is 18.2 Å². The van der Waals surface area contributed by atoms with Gasteiger partial charge in [0.15, 0.2) is 0 Å². The Kier molecular flexibility index (Phi) is 10.3. The van der Waals surface area contributed by atoms with Crippen LogP contribution >= 0.6 is 24.8 Å². The molecule has 1 aromatic carbocycles. The highest BCUT2D eigenvalue weighted by atomic mass is 35.5. The van der Waals surface area contributed by atoms with E-state index in [2.05, 4.69) is 29.7 Å². The number of methoxy groups -OCH3 is 1. The van der Waals surface area contributed by atoms with Gasteiger partial charge in [-0.25, -0.2) is 0 Å². The smallest absolute Gasteiger partial charge is 0.222 e. The number of ether oxygens (including phenoxy) is 1. The molecule has 0 saturated carbocycles. The normalized spacial score (nSPS) is 21.9. The minimum Gasteiger partial charge on any atom is -0.496 e. The Balaban J connectivity index is 0.00000196. The lowest BCUT2D eigenvalue weighted by Crippen LogP contribution is -2.56. The fourth-order valence-electron chi connectivity index (χ4n) is 4.50. The number of likely N-dealkylation sites (tertiary alicyclic amines) is 2. The number of carbonyl (C=O) groups is 1. The SMILES string of the molecule is C=CCc1cc(CN2CC[C@@H]3[C@@H](CCC(=O)N3CCN)C2)ccc1OC.Cl.Cl. The maximum Gasteiger partial charge on any atom is 0.222 e. The summed E-state index contributed by atoms with van der Waals surface area (Å²) in [5.41, 5.74) is 8.21. The molecule has 2 aliphatic heterocycles. The Morgan fingerprint density at radius 3 is 2.79 bits per heavy atom. The van der Waals surface area contributed by atoms with E-state index < -0.39 is 0 Å². The van der Waals surface area contributed by atoms with E-state index in [0.29, 0.717) is 31.5 Å². The van der Waals surface area contributed by atoms with E-state index >= 15 is 0 Å². The number of hydrogen-bond donors (Lipinski definition) is 1. The number of nitrogens with two attached hydrogens (primary N) is 1. The van der Waals surface area contributed by atoms with Crippen LogP contribution in [0.25, 0.3) is 0 Å². The highest BCUT2D eigenvalue weighted by Gasteiger charge is 2.38. The number of allylic oxidation sites excluding steroid dienone is 1. The Morgan fingerprint density at radius 2 is 2.11 bits per heavy atom. The van der Waals surface area contributed by atoms with E-state index in [1.54, 1.807) is 7.11 Å². The maximum atomic E-state index is 12.2. The van der Waals surface area contributed by atoms with Crippen LogP contribution in [0.3, 0.4) is 0 Å². The zero-order chi connectivity index (χ0) is 18.5. The predicted octanol–water partition coefficient (Wildman–Crippen LogP) is 3.04. The lowest BCUT2D eigenvalue weighted by Gasteiger charge is -2.47. The van der Waals surface area contributed by atoms with Gasteiger partial charge in [0.05, 0.1) is 7.11 Å². The number of piperidine rings is 2. The summed E-state index contributed by atoms with van der Waals surface area (Å²) in [5, 5.41) is 0. The molecule has 7 heteroatoms. The number of hydrogen-bond acceptors (Lipinski definition) is 4. The number of benzene rings is 1. The summed E-state index contributed by atoms with van der Waals surface area (Å²) in [6, 6.07) is 6.83. The van der Waals surface area contributed by atoms with Crippen molar-refractivity contribution >= 4 is 30.7 Å². The lowest BCUT2D eigenvalue weighted by molar-refractivity contribution is -0.141. The Labute approximate surface area is 181 Å². The molecule has 1 amide bonds. The van der Waals surface area contributed by atoms with Crippen molar-refractivity contribution in [3.05, 3.63) is 42.0 Å². The van der Waals surface area contributed by atoms with Gasteiger partial charge < -0.3 is 15.4 Å². The van der Waals surface area contributed by atoms with Crippen molar-refractivity contribution in [1.29, 1.82) is 0 Å². The molecule has 0 spiro atoms. The summed E-state index contributed by atoms with van der Waals surface area (Å²) >= 11 is 0. The molecule has 1 aromatic rings. The monoisotopic (exact) mass is 429 g/mol. The molecule has 0 bridgehead atoms. The third-order valence-corrected chi connectivity index (χ3v) is 5.71. The topological polar surface area (TPSA) is 58.8 Å². The van der Waals surface area contributed by atoms with E-state index in [0.717, 1.165) is 44.6 Å². The first kappa shape index (κ1) is 24.8. The lowest BCUT2D eigenvalue weighted by atomic mass is 9.83. The Morgan fingerprint density at radius 1 is 1.32 bits per heavy atom. The second kappa shape index (κ2) is 11.7. The number of carbonyl (C=O) groups excluding carboxylic acids is 1. The summed E-state index contributed by atoms with van der Waals surface area (Å²) in [6.07, 6.45) is 5.45. The molecule has 2 heterocycles. The van der Waals surface area contributed by atoms with Crippen LogP contribution in [0.1, 0.15) is 30.4 Å². The molecule has 2 aliphatic rings. The number of amides is 1. The van der Waals surface area contributed by atoms with Gasteiger partial charge >= 0.3 is 0 Å². The van der Waals surface area contributed by atoms with Gasteiger partial charge in [0, 0.05) is 45.2 Å². The Hall–Kier alpha value is -1.27. The van der Waals surface area contributed by atoms with Crippen molar-refractivity contribution in [3.63, 3.8) is 0 Å². The van der Waals surface area contributed by atoms with Crippen molar-refractivity contribution in [2.24, 2.45) is 11.7 Å². The fraction of sp³-hybridized carbons (Fsp3) is 0.571. The molecule has 5 nitrogen and oxygen atoms in total. The highest BCUT2D eigenvalue weighted by molar-refractivity contribution is 5.85. The van der Waals surface area contributed by atoms with E-state index in [9.17, 15) is 4.79 Å². The predicted molar refractivity (Wildman–Crippen MR) is 119 cm³/mol. The molecule has 2 N–H and O–H groups in total. The van der Waals surface area contributed by atoms with Gasteiger partial charge in [0.25, 0.3) is 0 Å². The minimum absolute atomic E-state index is 0. The highest BCUT2D eigenvalue weighted by Crippen LogP contribution is 2.32. The molecule has 2 atom stereocenters. The maximum absolute atomic E-state index is 12.2. The molecule has 2 saturated heterocycles. The molecule has 3 rings (SSSR count). The van der Waals surface area contributed by atoms with Crippen LogP contribution in [-0.2, 0) is 17.8 Å². The first-order valence-electron chi connectivity index (χ1n) is 9.64. The summed E-state index contributed by atoms with van der Waals surface area (Å²) in [5.74, 6) is 1.78. The van der Waals surface area contributed by atoms with Crippen LogP contribution in [0.4, 0.5) is 0 Å². The molecule has 0 aromatic heterocycles. The summed E-state index contributed by atoms with van der Waals surface area (Å²) in [4.78, 5) is 16.8. The Bertz CT molecular complexity index is 657. The largest absolute Gasteiger partial charge is 0.496 e. The van der Waals surface area contributed by atoms with Crippen molar-refractivity contribution in [2.75, 3.05) is 33.3 Å². The zero-order valence-electron chi connectivity index (χ0n) is 16.6. The molecule has 0 unspecified atom stereocenters. The molecular weight excluding hydrogens is 397 g/mol. The van der Waals surface area contributed by atoms with Crippen molar-refractivity contribution in [2.45, 2.75) is 38.3 Å². The number of nitrogens with zero attached hydrogens (tertiary/aromatic N) is 2. The summed E-state index contributed by atoms with van der Waals surface area (Å²) in [7, 11) is 1.71. The first-order valence-corrected chi connectivity index (χ1v) is 9.64. The number of halogens is 2. The molecule has 2 fully saturated rings. The van der Waals surface area contributed by atoms with Gasteiger partial charge in [-0.05, 0) is 42.4 Å². The van der Waals surface area contributed by atoms with Gasteiger partial charge in [-0.15, -0.1) is 31.4 Å². The van der Waals surface area contributed by atoms with Crippen LogP contribution in [0.15, 0.2) is 30.9 Å². The van der Waals surface area contributed by atoms with Crippen LogP contribution in [-0.4, -0.2) is 55.0 Å². The quantitative estimate of drug-likeness (QED) is 0.676. The van der Waals surface area contributed by atoms with Crippen LogP contribution in [0, 0.1) is 5.92 Å². The van der Waals surface area contributed by atoms with Crippen molar-refractivity contribution < 1.29 is 9.53 Å². The van der Waals surface area contributed by atoms with Gasteiger partial charge in [0.2, 0.25) is 5.91 Å². The molecule has 158 valence electrons. The van der Waals surface area contributed by atoms with E-state index in [4.69, 9.17) is 10.5 Å². The summed E-state index contributed by atoms with van der Waals surface area (Å²) < 4.78 is 5.45. The second-order valence-electron chi connectivity index (χ2n) is 7.40. The van der Waals surface area contributed by atoms with Crippen molar-refractivity contribution in [3.8, 4) is 5.75 Å². The summed E-state index contributed by atoms with van der Waals surface area (Å²) in [6.45, 7) is 8.12. The van der Waals surface area contributed by atoms with Crippen LogP contribution in [0.5, 0.6) is 5.75 Å². The molecule has 0 aliphatic carbocycles. The standard InChI is InChI=1S/C21H31N3O2.2ClH/c1-3-4-17-13-16(5-7-20(17)26-2)14-23-11-9-19-18(15-23)6-8-21(25)24(19)12-10-22;;/h3,5,7,13,18-19H,1,4,6,8-12,14-15,22H2,2H3;2*1H/t18-,19+;;/m0../s1. The van der Waals surface area contributed by atoms with E-state index in [-0.39, 0.29) is 30.7 Å². The van der Waals surface area contributed by atoms with Crippen molar-refractivity contribution in [1.82, 2.24) is 9.80 Å². The van der Waals surface area contributed by atoms with E-state index in [1.807, 2.05) is 11.0 Å². The third kappa shape index (κ3) is 5.63. The molecule has 28 heavy (non-hydrogen) atoms. The number of rotatable bonds is 7. The minimum atomic E-state index is 0. The second-order valence-corrected chi connectivity index (χ2v) is 7.40. The zero-order valence-corrected chi connectivity index (χ0v) is 18.3. The van der Waals surface area contributed by atoms with Gasteiger partial charge in [-0.2, -0.15) is 0 Å². The van der Waals surface area contributed by atoms with Crippen LogP contribution < -0.4 is 10.5 Å². The fourth-order valence-corrected chi connectivity index (χ4v) is 4.50. The molecule has 0 radical (unpaired) electrons. The van der Waals surface area contributed by atoms with Crippen LogP contribution in [0.2, 0.25) is 0 Å². The third-order valence-electron chi connectivity index (χ3n) is 5.71. The van der Waals surface area contributed by atoms with Gasteiger partial charge in [0.1, 0.15) is 5.75 Å². The average Bonchev–Trinajstić information content (AvgIpc) is 2.65.